The molecule has 5 heteroatoms. The number of nitrogens with zero attached hydrogens (tertiary/aromatic N) is 2. The molecule has 16 heavy (non-hydrogen) atoms. The topological polar surface area (TPSA) is 55.1 Å². The summed E-state index contributed by atoms with van der Waals surface area (Å²) in [6, 6.07) is 5.01. The molecule has 1 heterocycles. The third kappa shape index (κ3) is 1.92. The van der Waals surface area contributed by atoms with Gasteiger partial charge in [0.05, 0.1) is 22.5 Å². The highest BCUT2D eigenvalue weighted by Crippen LogP contribution is 2.16. The molecule has 0 amide bonds. The second-order valence-corrected chi connectivity index (χ2v) is 3.84. The third-order valence-electron chi connectivity index (χ3n) is 2.26. The fourth-order valence-corrected chi connectivity index (χ4v) is 1.61. The number of carbonyl (C=O) groups is 1. The second kappa shape index (κ2) is 3.98. The highest BCUT2D eigenvalue weighted by atomic mass is 35.5. The summed E-state index contributed by atoms with van der Waals surface area (Å²) in [5, 5.41) is 13.5. The summed E-state index contributed by atoms with van der Waals surface area (Å²) in [6.07, 6.45) is 3.19. The van der Waals surface area contributed by atoms with E-state index in [-0.39, 0.29) is 0 Å². The average Bonchev–Trinajstić information content (AvgIpc) is 2.64. The molecule has 0 saturated carbocycles. The van der Waals surface area contributed by atoms with Gasteiger partial charge in [-0.15, -0.1) is 0 Å². The van der Waals surface area contributed by atoms with Gasteiger partial charge in [-0.25, -0.2) is 9.48 Å². The van der Waals surface area contributed by atoms with Crippen LogP contribution in [0.4, 0.5) is 0 Å². The van der Waals surface area contributed by atoms with Crippen LogP contribution in [-0.4, -0.2) is 20.9 Å². The SMILES string of the molecule is Cc1cc(-n2cc(Cl)cn2)ccc1C(=O)O. The van der Waals surface area contributed by atoms with E-state index in [0.717, 1.165) is 5.69 Å². The van der Waals surface area contributed by atoms with Gasteiger partial charge in [0.2, 0.25) is 0 Å². The van der Waals surface area contributed by atoms with Gasteiger partial charge in [-0.1, -0.05) is 11.6 Å². The smallest absolute Gasteiger partial charge is 0.335 e. The van der Waals surface area contributed by atoms with Crippen LogP contribution in [0.15, 0.2) is 30.6 Å². The Labute approximate surface area is 97.1 Å². The van der Waals surface area contributed by atoms with Crippen molar-refractivity contribution in [3.63, 3.8) is 0 Å². The molecule has 0 spiro atoms. The Morgan fingerprint density at radius 1 is 1.50 bits per heavy atom. The lowest BCUT2D eigenvalue weighted by Crippen LogP contribution is -2.02. The molecule has 0 fully saturated rings. The number of rotatable bonds is 2. The average molecular weight is 237 g/mol. The van der Waals surface area contributed by atoms with E-state index in [0.29, 0.717) is 16.1 Å². The number of hydrogen-bond acceptors (Lipinski definition) is 2. The molecule has 0 aliphatic carbocycles. The molecule has 1 aromatic carbocycles. The van der Waals surface area contributed by atoms with Crippen LogP contribution in [0.25, 0.3) is 5.69 Å². The lowest BCUT2D eigenvalue weighted by molar-refractivity contribution is 0.0696. The van der Waals surface area contributed by atoms with Crippen molar-refractivity contribution < 1.29 is 9.90 Å². The zero-order valence-corrected chi connectivity index (χ0v) is 9.27. The third-order valence-corrected chi connectivity index (χ3v) is 2.45. The number of benzene rings is 1. The van der Waals surface area contributed by atoms with Gasteiger partial charge in [-0.05, 0) is 30.7 Å². The van der Waals surface area contributed by atoms with Crippen LogP contribution in [0.3, 0.4) is 0 Å². The molecule has 4 nitrogen and oxygen atoms in total. The van der Waals surface area contributed by atoms with Gasteiger partial charge in [-0.2, -0.15) is 5.10 Å². The first kappa shape index (κ1) is 10.7. The minimum atomic E-state index is -0.928. The number of aromatic carboxylic acids is 1. The van der Waals surface area contributed by atoms with Crippen LogP contribution >= 0.6 is 11.6 Å². The van der Waals surface area contributed by atoms with E-state index in [1.165, 1.54) is 6.20 Å². The van der Waals surface area contributed by atoms with E-state index < -0.39 is 5.97 Å². The molecular formula is C11H9ClN2O2. The number of hydrogen-bond donors (Lipinski definition) is 1. The molecule has 0 bridgehead atoms. The normalized spacial score (nSPS) is 10.4. The Morgan fingerprint density at radius 3 is 2.75 bits per heavy atom. The van der Waals surface area contributed by atoms with Crippen molar-refractivity contribution in [3.8, 4) is 5.69 Å². The summed E-state index contributed by atoms with van der Waals surface area (Å²) >= 11 is 5.75. The van der Waals surface area contributed by atoms with Crippen LogP contribution in [0.1, 0.15) is 15.9 Å². The predicted molar refractivity (Wildman–Crippen MR) is 60.3 cm³/mol. The van der Waals surface area contributed by atoms with Gasteiger partial charge in [0.25, 0.3) is 0 Å². The van der Waals surface area contributed by atoms with Crippen LogP contribution in [0, 0.1) is 6.92 Å². The summed E-state index contributed by atoms with van der Waals surface area (Å²) in [7, 11) is 0. The maximum atomic E-state index is 10.8. The number of aryl methyl sites for hydroxylation is 1. The summed E-state index contributed by atoms with van der Waals surface area (Å²) in [6.45, 7) is 1.75. The lowest BCUT2D eigenvalue weighted by atomic mass is 10.1. The monoisotopic (exact) mass is 236 g/mol. The molecular weight excluding hydrogens is 228 g/mol. The molecule has 0 aliphatic rings. The van der Waals surface area contributed by atoms with E-state index in [2.05, 4.69) is 5.10 Å². The highest BCUT2D eigenvalue weighted by molar-refractivity contribution is 6.30. The van der Waals surface area contributed by atoms with Crippen LogP contribution in [0.2, 0.25) is 5.02 Å². The minimum absolute atomic E-state index is 0.294. The largest absolute Gasteiger partial charge is 0.478 e. The number of carboxylic acid groups (broad SMARTS) is 1. The van der Waals surface area contributed by atoms with Crippen molar-refractivity contribution in [1.82, 2.24) is 9.78 Å². The first-order chi connectivity index (χ1) is 7.58. The fraction of sp³-hybridized carbons (Fsp3) is 0.0909. The Hall–Kier alpha value is -1.81. The molecule has 2 rings (SSSR count). The Bertz CT molecular complexity index is 549. The Balaban J connectivity index is 2.45. The fourth-order valence-electron chi connectivity index (χ4n) is 1.47. The van der Waals surface area contributed by atoms with Crippen LogP contribution in [-0.2, 0) is 0 Å². The predicted octanol–water partition coefficient (Wildman–Crippen LogP) is 2.53. The highest BCUT2D eigenvalue weighted by Gasteiger charge is 2.08. The van der Waals surface area contributed by atoms with Crippen molar-refractivity contribution in [1.29, 1.82) is 0 Å². The number of aromatic nitrogens is 2. The molecule has 1 N–H and O–H groups in total. The van der Waals surface area contributed by atoms with Crippen molar-refractivity contribution in [3.05, 3.63) is 46.7 Å². The molecule has 82 valence electrons. The van der Waals surface area contributed by atoms with E-state index in [1.54, 1.807) is 36.0 Å². The summed E-state index contributed by atoms with van der Waals surface area (Å²) in [5.41, 5.74) is 1.77. The van der Waals surface area contributed by atoms with Crippen molar-refractivity contribution >= 4 is 17.6 Å². The molecule has 0 atom stereocenters. The van der Waals surface area contributed by atoms with Crippen molar-refractivity contribution in [2.24, 2.45) is 0 Å². The van der Waals surface area contributed by atoms with E-state index >= 15 is 0 Å². The van der Waals surface area contributed by atoms with E-state index in [1.807, 2.05) is 0 Å². The zero-order valence-electron chi connectivity index (χ0n) is 8.51. The summed E-state index contributed by atoms with van der Waals surface area (Å²) in [5.74, 6) is -0.928. The van der Waals surface area contributed by atoms with Gasteiger partial charge in [0, 0.05) is 6.20 Å². The molecule has 0 unspecified atom stereocenters. The standard InChI is InChI=1S/C11H9ClN2O2/c1-7-4-9(2-3-10(7)11(15)16)14-6-8(12)5-13-14/h2-6H,1H3,(H,15,16). The van der Waals surface area contributed by atoms with Crippen molar-refractivity contribution in [2.75, 3.05) is 0 Å². The Kier molecular flexibility index (Phi) is 2.66. The molecule has 2 aromatic rings. The molecule has 0 saturated heterocycles. The van der Waals surface area contributed by atoms with Gasteiger partial charge in [-0.3, -0.25) is 0 Å². The summed E-state index contributed by atoms with van der Waals surface area (Å²) in [4.78, 5) is 10.8. The van der Waals surface area contributed by atoms with Gasteiger partial charge in [0.15, 0.2) is 0 Å². The van der Waals surface area contributed by atoms with Crippen molar-refractivity contribution in [2.45, 2.75) is 6.92 Å². The maximum Gasteiger partial charge on any atom is 0.335 e. The number of halogens is 1. The van der Waals surface area contributed by atoms with Gasteiger partial charge < -0.3 is 5.11 Å². The first-order valence-corrected chi connectivity index (χ1v) is 5.00. The molecule has 0 aliphatic heterocycles. The molecule has 0 radical (unpaired) electrons. The van der Waals surface area contributed by atoms with Crippen LogP contribution in [0.5, 0.6) is 0 Å². The molecule has 1 aromatic heterocycles. The second-order valence-electron chi connectivity index (χ2n) is 3.41. The first-order valence-electron chi connectivity index (χ1n) is 4.62. The van der Waals surface area contributed by atoms with Gasteiger partial charge in [0.1, 0.15) is 0 Å². The van der Waals surface area contributed by atoms with Gasteiger partial charge >= 0.3 is 5.97 Å². The summed E-state index contributed by atoms with van der Waals surface area (Å²) < 4.78 is 1.60. The minimum Gasteiger partial charge on any atom is -0.478 e. The van der Waals surface area contributed by atoms with E-state index in [4.69, 9.17) is 16.7 Å². The Morgan fingerprint density at radius 2 is 2.25 bits per heavy atom. The quantitative estimate of drug-likeness (QED) is 0.872. The van der Waals surface area contributed by atoms with Crippen LogP contribution < -0.4 is 0 Å². The van der Waals surface area contributed by atoms with E-state index in [9.17, 15) is 4.79 Å². The lowest BCUT2D eigenvalue weighted by Gasteiger charge is -2.05. The number of carboxylic acids is 1. The zero-order chi connectivity index (χ0) is 11.7. The maximum absolute atomic E-state index is 10.8.